The van der Waals surface area contributed by atoms with Crippen molar-refractivity contribution < 1.29 is 34.3 Å². The van der Waals surface area contributed by atoms with Crippen molar-refractivity contribution in [1.82, 2.24) is 0 Å². The molecule has 0 saturated carbocycles. The van der Waals surface area contributed by atoms with Gasteiger partial charge in [-0.1, -0.05) is 91.0 Å². The maximum atomic E-state index is 11.5. The molecule has 1 fully saturated rings. The lowest BCUT2D eigenvalue weighted by Gasteiger charge is -2.42. The molecule has 7 nitrogen and oxygen atoms in total. The van der Waals surface area contributed by atoms with E-state index in [9.17, 15) is 20.1 Å². The van der Waals surface area contributed by atoms with Gasteiger partial charge in [-0.2, -0.15) is 0 Å². The molecule has 0 aromatic heterocycles. The number of benzene rings is 3. The molecule has 4 rings (SSSR count). The Hall–Kier alpha value is -3.07. The summed E-state index contributed by atoms with van der Waals surface area (Å²) in [6.45, 7) is 0.999. The molecule has 34 heavy (non-hydrogen) atoms. The average Bonchev–Trinajstić information content (AvgIpc) is 2.87. The Labute approximate surface area is 198 Å². The normalized spacial score (nSPS) is 25.0. The smallest absolute Gasteiger partial charge is 0.303 e. The second-order valence-electron chi connectivity index (χ2n) is 8.21. The van der Waals surface area contributed by atoms with Gasteiger partial charge in [-0.15, -0.1) is 0 Å². The fourth-order valence-electron chi connectivity index (χ4n) is 4.36. The highest BCUT2D eigenvalue weighted by Gasteiger charge is 2.47. The van der Waals surface area contributed by atoms with Crippen molar-refractivity contribution >= 4 is 5.97 Å². The van der Waals surface area contributed by atoms with Crippen LogP contribution >= 0.6 is 0 Å². The van der Waals surface area contributed by atoms with Gasteiger partial charge in [0.05, 0.1) is 6.61 Å². The van der Waals surface area contributed by atoms with E-state index in [-0.39, 0.29) is 6.61 Å². The molecule has 0 radical (unpaired) electrons. The number of carbonyl (C=O) groups excluding carboxylic acids is 1. The van der Waals surface area contributed by atoms with Crippen LogP contribution in [0.3, 0.4) is 0 Å². The van der Waals surface area contributed by atoms with E-state index in [0.717, 1.165) is 23.6 Å². The van der Waals surface area contributed by atoms with E-state index in [1.807, 2.05) is 91.0 Å². The number of hydrogen-bond acceptors (Lipinski definition) is 7. The summed E-state index contributed by atoms with van der Waals surface area (Å²) in [4.78, 5) is 11.5. The number of rotatable bonds is 7. The summed E-state index contributed by atoms with van der Waals surface area (Å²) < 4.78 is 17.1. The molecule has 3 N–H and O–H groups in total. The van der Waals surface area contributed by atoms with Crippen LogP contribution in [0, 0.1) is 0 Å². The van der Waals surface area contributed by atoms with E-state index in [1.165, 1.54) is 0 Å². The van der Waals surface area contributed by atoms with Crippen LogP contribution in [0.2, 0.25) is 0 Å². The molecule has 178 valence electrons. The first-order valence-electron chi connectivity index (χ1n) is 11.1. The van der Waals surface area contributed by atoms with Crippen LogP contribution in [0.1, 0.15) is 23.6 Å². The number of ether oxygens (including phenoxy) is 3. The highest BCUT2D eigenvalue weighted by Crippen LogP contribution is 2.41. The highest BCUT2D eigenvalue weighted by molar-refractivity contribution is 5.66. The lowest BCUT2D eigenvalue weighted by atomic mass is 9.80. The van der Waals surface area contributed by atoms with E-state index >= 15 is 0 Å². The molecule has 1 aliphatic rings. The van der Waals surface area contributed by atoms with Crippen molar-refractivity contribution in [2.24, 2.45) is 0 Å². The largest absolute Gasteiger partial charge is 0.457 e. The van der Waals surface area contributed by atoms with Crippen LogP contribution in [-0.4, -0.2) is 58.6 Å². The van der Waals surface area contributed by atoms with Crippen LogP contribution in [0.4, 0.5) is 0 Å². The first kappa shape index (κ1) is 24.1. The quantitative estimate of drug-likeness (QED) is 0.364. The van der Waals surface area contributed by atoms with Gasteiger partial charge in [-0.25, -0.2) is 0 Å². The molecule has 0 unspecified atom stereocenters. The minimum absolute atomic E-state index is 0.165. The van der Waals surface area contributed by atoms with Gasteiger partial charge in [-0.3, -0.25) is 4.79 Å². The summed E-state index contributed by atoms with van der Waals surface area (Å²) in [7, 11) is 0. The number of aliphatic hydroxyl groups excluding tert-OH is 3. The van der Waals surface area contributed by atoms with Crippen LogP contribution in [0.5, 0.6) is 0 Å². The van der Waals surface area contributed by atoms with Crippen LogP contribution in [0.25, 0.3) is 0 Å². The minimum atomic E-state index is -1.65. The second-order valence-corrected chi connectivity index (χ2v) is 8.21. The third-order valence-electron chi connectivity index (χ3n) is 5.97. The van der Waals surface area contributed by atoms with Gasteiger partial charge in [0.15, 0.2) is 12.4 Å². The minimum Gasteiger partial charge on any atom is -0.457 e. The maximum Gasteiger partial charge on any atom is 0.303 e. The molecular formula is C27H28O7. The summed E-state index contributed by atoms with van der Waals surface area (Å²) in [6.07, 6.45) is -7.08. The predicted octanol–water partition coefficient (Wildman–Crippen LogP) is 2.37. The highest BCUT2D eigenvalue weighted by atomic mass is 16.7. The lowest BCUT2D eigenvalue weighted by molar-refractivity contribution is -0.294. The fourth-order valence-corrected chi connectivity index (χ4v) is 4.36. The van der Waals surface area contributed by atoms with E-state index in [4.69, 9.17) is 14.2 Å². The fraction of sp³-hybridized carbons (Fsp3) is 0.296. The number of esters is 1. The Morgan fingerprint density at radius 1 is 0.794 bits per heavy atom. The van der Waals surface area contributed by atoms with Crippen LogP contribution in [-0.2, 0) is 24.6 Å². The Bertz CT molecular complexity index is 961. The van der Waals surface area contributed by atoms with Crippen LogP contribution in [0.15, 0.2) is 91.0 Å². The molecule has 3 aromatic rings. The second kappa shape index (κ2) is 10.5. The van der Waals surface area contributed by atoms with Gasteiger partial charge in [-0.05, 0) is 16.7 Å². The molecule has 5 atom stereocenters. The van der Waals surface area contributed by atoms with E-state index < -0.39 is 42.3 Å². The van der Waals surface area contributed by atoms with Crippen molar-refractivity contribution in [2.75, 3.05) is 6.61 Å². The first-order valence-corrected chi connectivity index (χ1v) is 11.1. The standard InChI is InChI=1S/C27H28O7/c1-18(28)33-25-23(29)22(34-26(31)24(25)30)17-32-27(19-11-5-2-6-12-19,20-13-7-3-8-14-20)21-15-9-4-10-16-21/h2-16,22-26,29-31H,17H2,1H3/t22-,23-,24-,25+,26-/m1/s1. The number of aliphatic hydroxyl groups is 3. The topological polar surface area (TPSA) is 105 Å². The zero-order valence-electron chi connectivity index (χ0n) is 18.7. The van der Waals surface area contributed by atoms with Crippen molar-refractivity contribution in [2.45, 2.75) is 43.2 Å². The molecule has 0 bridgehead atoms. The Morgan fingerprint density at radius 3 is 1.65 bits per heavy atom. The third kappa shape index (κ3) is 4.75. The zero-order chi connectivity index (χ0) is 24.1. The summed E-state index contributed by atoms with van der Waals surface area (Å²) in [5.74, 6) is -0.691. The van der Waals surface area contributed by atoms with Gasteiger partial charge >= 0.3 is 5.97 Å². The molecule has 3 aromatic carbocycles. The van der Waals surface area contributed by atoms with Gasteiger partial charge in [0.25, 0.3) is 0 Å². The predicted molar refractivity (Wildman–Crippen MR) is 124 cm³/mol. The van der Waals surface area contributed by atoms with Crippen molar-refractivity contribution in [3.8, 4) is 0 Å². The van der Waals surface area contributed by atoms with Crippen LogP contribution < -0.4 is 0 Å². The average molecular weight is 465 g/mol. The van der Waals surface area contributed by atoms with Crippen molar-refractivity contribution in [3.05, 3.63) is 108 Å². The SMILES string of the molecule is CC(=O)O[C@@H]1[C@@H](O)[C@H](O)O[C@H](COC(c2ccccc2)(c2ccccc2)c2ccccc2)[C@H]1O. The first-order chi connectivity index (χ1) is 16.4. The van der Waals surface area contributed by atoms with Gasteiger partial charge in [0.1, 0.15) is 23.9 Å². The van der Waals surface area contributed by atoms with E-state index in [0.29, 0.717) is 0 Å². The molecule has 0 aliphatic carbocycles. The summed E-state index contributed by atoms with van der Waals surface area (Å²) in [5.41, 5.74) is 1.50. The molecule has 7 heteroatoms. The molecule has 0 spiro atoms. The Kier molecular flexibility index (Phi) is 7.41. The lowest BCUT2D eigenvalue weighted by Crippen LogP contribution is -2.60. The maximum absolute atomic E-state index is 11.5. The molecule has 0 amide bonds. The number of hydrogen-bond donors (Lipinski definition) is 3. The monoisotopic (exact) mass is 464 g/mol. The van der Waals surface area contributed by atoms with Crippen molar-refractivity contribution in [3.63, 3.8) is 0 Å². The molecule has 1 heterocycles. The molecular weight excluding hydrogens is 436 g/mol. The Balaban J connectivity index is 1.74. The van der Waals surface area contributed by atoms with Gasteiger partial charge in [0, 0.05) is 6.92 Å². The van der Waals surface area contributed by atoms with E-state index in [2.05, 4.69) is 0 Å². The summed E-state index contributed by atoms with van der Waals surface area (Å²) in [5, 5.41) is 31.2. The van der Waals surface area contributed by atoms with Crippen molar-refractivity contribution in [1.29, 1.82) is 0 Å². The summed E-state index contributed by atoms with van der Waals surface area (Å²) >= 11 is 0. The number of carbonyl (C=O) groups is 1. The Morgan fingerprint density at radius 2 is 1.24 bits per heavy atom. The summed E-state index contributed by atoms with van der Waals surface area (Å²) in [6, 6.07) is 29.0. The van der Waals surface area contributed by atoms with Gasteiger partial charge in [0.2, 0.25) is 0 Å². The molecule has 1 saturated heterocycles. The van der Waals surface area contributed by atoms with Gasteiger partial charge < -0.3 is 29.5 Å². The molecule has 1 aliphatic heterocycles. The zero-order valence-corrected chi connectivity index (χ0v) is 18.7. The third-order valence-corrected chi connectivity index (χ3v) is 5.97. The van der Waals surface area contributed by atoms with E-state index in [1.54, 1.807) is 0 Å².